The van der Waals surface area contributed by atoms with E-state index in [4.69, 9.17) is 16.3 Å². The number of hydrogen-bond acceptors (Lipinski definition) is 1. The number of hydrogen-bond donors (Lipinski definition) is 0. The molecular formula is C10H21ClO. The first-order valence-corrected chi connectivity index (χ1v) is 5.19. The molecule has 0 radical (unpaired) electrons. The fourth-order valence-electron chi connectivity index (χ4n) is 0.896. The van der Waals surface area contributed by atoms with Crippen LogP contribution in [0.2, 0.25) is 0 Å². The third kappa shape index (κ3) is 5.00. The van der Waals surface area contributed by atoms with Crippen LogP contribution in [-0.2, 0) is 4.74 Å². The highest BCUT2D eigenvalue weighted by atomic mass is 35.5. The zero-order valence-electron chi connectivity index (χ0n) is 8.69. The second kappa shape index (κ2) is 5.82. The van der Waals surface area contributed by atoms with Crippen molar-refractivity contribution in [2.75, 3.05) is 19.1 Å². The van der Waals surface area contributed by atoms with Crippen LogP contribution in [0.5, 0.6) is 0 Å². The molecule has 2 heteroatoms. The summed E-state index contributed by atoms with van der Waals surface area (Å²) < 4.78 is 5.48. The van der Waals surface area contributed by atoms with E-state index in [1.807, 2.05) is 0 Å². The Hall–Kier alpha value is 0.250. The number of rotatable bonds is 5. The summed E-state index contributed by atoms with van der Waals surface area (Å²) in [4.78, 5) is 0. The molecule has 0 amide bonds. The van der Waals surface area contributed by atoms with Gasteiger partial charge in [0.05, 0.1) is 6.61 Å². The normalized spacial score (nSPS) is 14.8. The van der Waals surface area contributed by atoms with Gasteiger partial charge in [0.15, 0.2) is 0 Å². The summed E-state index contributed by atoms with van der Waals surface area (Å²) in [6, 6.07) is 0. The van der Waals surface area contributed by atoms with Crippen LogP contribution in [0.1, 0.15) is 34.1 Å². The molecule has 0 aromatic rings. The second-order valence-corrected chi connectivity index (χ2v) is 4.60. The van der Waals surface area contributed by atoms with Crippen molar-refractivity contribution < 1.29 is 4.74 Å². The third-order valence-electron chi connectivity index (χ3n) is 2.08. The van der Waals surface area contributed by atoms with Gasteiger partial charge in [0.1, 0.15) is 0 Å². The van der Waals surface area contributed by atoms with Crippen molar-refractivity contribution in [1.29, 1.82) is 0 Å². The van der Waals surface area contributed by atoms with Crippen molar-refractivity contribution in [2.45, 2.75) is 34.1 Å². The van der Waals surface area contributed by atoms with Gasteiger partial charge in [0.2, 0.25) is 0 Å². The van der Waals surface area contributed by atoms with Gasteiger partial charge in [-0.05, 0) is 11.8 Å². The van der Waals surface area contributed by atoms with E-state index in [1.165, 1.54) is 0 Å². The van der Waals surface area contributed by atoms with Gasteiger partial charge < -0.3 is 4.74 Å². The summed E-state index contributed by atoms with van der Waals surface area (Å²) in [7, 11) is 0. The molecule has 0 rings (SSSR count). The van der Waals surface area contributed by atoms with Gasteiger partial charge in [-0.15, -0.1) is 11.6 Å². The average Bonchev–Trinajstić information content (AvgIpc) is 1.95. The third-order valence-corrected chi connectivity index (χ3v) is 2.45. The zero-order valence-corrected chi connectivity index (χ0v) is 9.45. The highest BCUT2D eigenvalue weighted by molar-refractivity contribution is 6.18. The Kier molecular flexibility index (Phi) is 5.94. The van der Waals surface area contributed by atoms with Gasteiger partial charge in [-0.1, -0.05) is 27.7 Å². The smallest absolute Gasteiger partial charge is 0.0510 e. The molecule has 0 fully saturated rings. The first-order valence-electron chi connectivity index (χ1n) is 4.66. The highest BCUT2D eigenvalue weighted by Gasteiger charge is 2.23. The van der Waals surface area contributed by atoms with Crippen molar-refractivity contribution in [3.8, 4) is 0 Å². The Labute approximate surface area is 81.4 Å². The molecule has 0 spiro atoms. The molecule has 0 aliphatic heterocycles. The summed E-state index contributed by atoms with van der Waals surface area (Å²) in [6.07, 6.45) is 1.08. The lowest BCUT2D eigenvalue weighted by Crippen LogP contribution is -2.26. The van der Waals surface area contributed by atoms with Gasteiger partial charge in [-0.3, -0.25) is 0 Å². The largest absolute Gasteiger partial charge is 0.381 e. The predicted octanol–water partition coefficient (Wildman–Crippen LogP) is 3.31. The molecule has 1 atom stereocenters. The Bertz CT molecular complexity index is 107. The van der Waals surface area contributed by atoms with E-state index in [0.717, 1.165) is 19.6 Å². The molecule has 0 heterocycles. The number of alkyl halides is 1. The maximum absolute atomic E-state index is 5.85. The highest BCUT2D eigenvalue weighted by Crippen LogP contribution is 2.27. The lowest BCUT2D eigenvalue weighted by molar-refractivity contribution is 0.0660. The van der Waals surface area contributed by atoms with Crippen molar-refractivity contribution in [1.82, 2.24) is 0 Å². The van der Waals surface area contributed by atoms with Crippen LogP contribution in [0.25, 0.3) is 0 Å². The molecule has 74 valence electrons. The van der Waals surface area contributed by atoms with Crippen molar-refractivity contribution >= 4 is 11.6 Å². The summed E-state index contributed by atoms with van der Waals surface area (Å²) in [5.41, 5.74) is 0.259. The van der Waals surface area contributed by atoms with E-state index in [2.05, 4.69) is 27.7 Å². The number of halogens is 1. The molecule has 0 bridgehead atoms. The summed E-state index contributed by atoms with van der Waals surface area (Å²) in [5, 5.41) is 0. The SMILES string of the molecule is CCCOCC(CCl)C(C)(C)C. The maximum Gasteiger partial charge on any atom is 0.0510 e. The lowest BCUT2D eigenvalue weighted by Gasteiger charge is -2.28. The predicted molar refractivity (Wildman–Crippen MR) is 54.8 cm³/mol. The molecule has 0 saturated carbocycles. The molecule has 0 aromatic carbocycles. The molecule has 1 unspecified atom stereocenters. The molecule has 1 nitrogen and oxygen atoms in total. The van der Waals surface area contributed by atoms with Gasteiger partial charge in [-0.2, -0.15) is 0 Å². The van der Waals surface area contributed by atoms with E-state index < -0.39 is 0 Å². The Morgan fingerprint density at radius 1 is 1.33 bits per heavy atom. The molecule has 0 saturated heterocycles. The van der Waals surface area contributed by atoms with Gasteiger partial charge in [-0.25, -0.2) is 0 Å². The molecule has 0 aliphatic carbocycles. The molecular weight excluding hydrogens is 172 g/mol. The molecule has 12 heavy (non-hydrogen) atoms. The van der Waals surface area contributed by atoms with Gasteiger partial charge in [0.25, 0.3) is 0 Å². The van der Waals surface area contributed by atoms with Gasteiger partial charge in [0, 0.05) is 18.4 Å². The zero-order chi connectivity index (χ0) is 9.61. The van der Waals surface area contributed by atoms with Crippen molar-refractivity contribution in [3.05, 3.63) is 0 Å². The Morgan fingerprint density at radius 2 is 1.92 bits per heavy atom. The minimum absolute atomic E-state index is 0.259. The molecule has 0 aliphatic rings. The Balaban J connectivity index is 3.68. The summed E-state index contributed by atoms with van der Waals surface area (Å²) in [6.45, 7) is 10.4. The van der Waals surface area contributed by atoms with Crippen LogP contribution in [0.4, 0.5) is 0 Å². The van der Waals surface area contributed by atoms with E-state index >= 15 is 0 Å². The molecule has 0 N–H and O–H groups in total. The Morgan fingerprint density at radius 3 is 2.25 bits per heavy atom. The first-order chi connectivity index (χ1) is 5.52. The summed E-state index contributed by atoms with van der Waals surface area (Å²) >= 11 is 5.85. The summed E-state index contributed by atoms with van der Waals surface area (Å²) in [5.74, 6) is 1.15. The second-order valence-electron chi connectivity index (χ2n) is 4.29. The van der Waals surface area contributed by atoms with Crippen molar-refractivity contribution in [3.63, 3.8) is 0 Å². The monoisotopic (exact) mass is 192 g/mol. The minimum atomic E-state index is 0.259. The fraction of sp³-hybridized carbons (Fsp3) is 1.00. The standard InChI is InChI=1S/C10H21ClO/c1-5-6-12-8-9(7-11)10(2,3)4/h9H,5-8H2,1-4H3. The fourth-order valence-corrected chi connectivity index (χ4v) is 1.45. The van der Waals surface area contributed by atoms with Crippen LogP contribution in [0.3, 0.4) is 0 Å². The first kappa shape index (κ1) is 12.2. The van der Waals surface area contributed by atoms with Crippen LogP contribution in [0.15, 0.2) is 0 Å². The van der Waals surface area contributed by atoms with E-state index in [9.17, 15) is 0 Å². The quantitative estimate of drug-likeness (QED) is 0.480. The topological polar surface area (TPSA) is 9.23 Å². The lowest BCUT2D eigenvalue weighted by atomic mass is 9.82. The van der Waals surface area contributed by atoms with Crippen molar-refractivity contribution in [2.24, 2.45) is 11.3 Å². The van der Waals surface area contributed by atoms with Crippen LogP contribution >= 0.6 is 11.6 Å². The minimum Gasteiger partial charge on any atom is -0.381 e. The maximum atomic E-state index is 5.85. The van der Waals surface area contributed by atoms with Crippen LogP contribution in [-0.4, -0.2) is 19.1 Å². The average molecular weight is 193 g/mol. The van der Waals surface area contributed by atoms with Crippen LogP contribution in [0, 0.1) is 11.3 Å². The number of ether oxygens (including phenoxy) is 1. The van der Waals surface area contributed by atoms with E-state index in [0.29, 0.717) is 11.8 Å². The van der Waals surface area contributed by atoms with E-state index in [1.54, 1.807) is 0 Å². The van der Waals surface area contributed by atoms with Crippen LogP contribution < -0.4 is 0 Å². The molecule has 0 aromatic heterocycles. The van der Waals surface area contributed by atoms with E-state index in [-0.39, 0.29) is 5.41 Å². The van der Waals surface area contributed by atoms with Gasteiger partial charge >= 0.3 is 0 Å².